The molecule has 0 unspecified atom stereocenters. The molecular formula is C23H22N2O3S2. The lowest BCUT2D eigenvalue weighted by Crippen LogP contribution is -2.38. The summed E-state index contributed by atoms with van der Waals surface area (Å²) < 4.78 is 28.1. The van der Waals surface area contributed by atoms with E-state index in [0.717, 1.165) is 23.2 Å². The summed E-state index contributed by atoms with van der Waals surface area (Å²) in [5, 5.41) is 4.73. The molecule has 1 N–H and O–H groups in total. The van der Waals surface area contributed by atoms with Crippen molar-refractivity contribution < 1.29 is 13.2 Å². The smallest absolute Gasteiger partial charge is 0.270 e. The summed E-state index contributed by atoms with van der Waals surface area (Å²) in [6.45, 7) is 4.22. The van der Waals surface area contributed by atoms with Crippen LogP contribution in [0.2, 0.25) is 0 Å². The third-order valence-corrected chi connectivity index (χ3v) is 7.76. The number of nitrogens with one attached hydrogen (secondary N) is 1. The van der Waals surface area contributed by atoms with Gasteiger partial charge in [0.1, 0.15) is 4.88 Å². The molecule has 0 radical (unpaired) electrons. The molecule has 1 aliphatic rings. The van der Waals surface area contributed by atoms with Crippen LogP contribution in [0.15, 0.2) is 71.1 Å². The van der Waals surface area contributed by atoms with E-state index in [1.807, 2.05) is 55.5 Å². The molecule has 3 aromatic rings. The molecule has 7 heteroatoms. The largest absolute Gasteiger partial charge is 0.360 e. The number of benzene rings is 2. The van der Waals surface area contributed by atoms with Gasteiger partial charge >= 0.3 is 0 Å². The number of carbonyl (C=O) groups is 1. The van der Waals surface area contributed by atoms with Crippen LogP contribution in [-0.2, 0) is 23.0 Å². The molecule has 0 bridgehead atoms. The van der Waals surface area contributed by atoms with Gasteiger partial charge in [-0.25, -0.2) is 8.42 Å². The molecule has 0 amide bonds. The first-order chi connectivity index (χ1) is 14.4. The maximum Gasteiger partial charge on any atom is 0.270 e. The summed E-state index contributed by atoms with van der Waals surface area (Å²) in [6, 6.07) is 17.1. The van der Waals surface area contributed by atoms with Crippen LogP contribution in [0.3, 0.4) is 0 Å². The molecule has 154 valence electrons. The summed E-state index contributed by atoms with van der Waals surface area (Å²) in [5.41, 5.74) is 4.31. The highest BCUT2D eigenvalue weighted by molar-refractivity contribution is 7.97. The molecule has 0 spiro atoms. The molecular weight excluding hydrogens is 416 g/mol. The summed E-state index contributed by atoms with van der Waals surface area (Å²) in [4.78, 5) is 13.1. The van der Waals surface area contributed by atoms with Crippen molar-refractivity contribution in [3.8, 4) is 0 Å². The normalized spacial score (nSPS) is 16.5. The number of aryl methyl sites for hydroxylation is 2. The molecule has 30 heavy (non-hydrogen) atoms. The van der Waals surface area contributed by atoms with Crippen molar-refractivity contribution >= 4 is 38.5 Å². The Bertz CT molecular complexity index is 1210. The van der Waals surface area contributed by atoms with Gasteiger partial charge < -0.3 is 5.32 Å². The van der Waals surface area contributed by atoms with E-state index in [9.17, 15) is 13.2 Å². The van der Waals surface area contributed by atoms with Crippen LogP contribution in [0.5, 0.6) is 0 Å². The predicted molar refractivity (Wildman–Crippen MR) is 122 cm³/mol. The highest BCUT2D eigenvalue weighted by Gasteiger charge is 2.41. The van der Waals surface area contributed by atoms with Crippen molar-refractivity contribution in [3.63, 3.8) is 0 Å². The lowest BCUT2D eigenvalue weighted by atomic mass is 10.1. The third-order valence-electron chi connectivity index (χ3n) is 5.09. The molecule has 0 aliphatic carbocycles. The Balaban J connectivity index is 1.70. The maximum atomic E-state index is 13.4. The third kappa shape index (κ3) is 3.78. The Kier molecular flexibility index (Phi) is 5.49. The molecule has 0 saturated carbocycles. The first-order valence-electron chi connectivity index (χ1n) is 9.66. The van der Waals surface area contributed by atoms with E-state index >= 15 is 0 Å². The van der Waals surface area contributed by atoms with Gasteiger partial charge in [0, 0.05) is 11.9 Å². The molecule has 0 saturated heterocycles. The summed E-state index contributed by atoms with van der Waals surface area (Å²) in [6.07, 6.45) is 2.23. The van der Waals surface area contributed by atoms with Crippen molar-refractivity contribution in [2.75, 3.05) is 9.62 Å². The van der Waals surface area contributed by atoms with Crippen LogP contribution in [0.25, 0.3) is 0 Å². The first kappa shape index (κ1) is 20.4. The number of nitrogens with zero attached hydrogens (tertiary/aromatic N) is 1. The second-order valence-corrected chi connectivity index (χ2v) is 9.91. The van der Waals surface area contributed by atoms with Gasteiger partial charge in [-0.15, -0.1) is 11.3 Å². The summed E-state index contributed by atoms with van der Waals surface area (Å²) in [5.74, 6) is -0.474. The van der Waals surface area contributed by atoms with Crippen molar-refractivity contribution in [3.05, 3.63) is 92.6 Å². The molecule has 1 aromatic heterocycles. The molecule has 1 aliphatic heterocycles. The second-order valence-electron chi connectivity index (χ2n) is 7.16. The number of hydrogen-bond donors (Lipinski definition) is 1. The Morgan fingerprint density at radius 1 is 1.00 bits per heavy atom. The lowest BCUT2D eigenvalue weighted by Gasteiger charge is -2.29. The van der Waals surface area contributed by atoms with Crippen LogP contribution in [0, 0.1) is 6.92 Å². The fraction of sp³-hybridized carbons (Fsp3) is 0.174. The van der Waals surface area contributed by atoms with Crippen molar-refractivity contribution in [2.24, 2.45) is 0 Å². The number of ketones is 1. The molecule has 0 fully saturated rings. The van der Waals surface area contributed by atoms with Gasteiger partial charge in [0.25, 0.3) is 10.0 Å². The van der Waals surface area contributed by atoms with E-state index in [2.05, 4.69) is 12.2 Å². The minimum absolute atomic E-state index is 0.169. The fourth-order valence-corrected chi connectivity index (χ4v) is 5.78. The van der Waals surface area contributed by atoms with Gasteiger partial charge in [0.05, 0.1) is 12.2 Å². The van der Waals surface area contributed by atoms with E-state index in [-0.39, 0.29) is 11.4 Å². The second kappa shape index (κ2) is 8.08. The van der Waals surface area contributed by atoms with E-state index < -0.39 is 15.8 Å². The molecule has 2 aromatic carbocycles. The zero-order valence-electron chi connectivity index (χ0n) is 16.8. The number of carbonyl (C=O) groups excluding carboxylic acids is 1. The zero-order valence-corrected chi connectivity index (χ0v) is 18.4. The number of fused-ring (bicyclic) bond motifs is 1. The van der Waals surface area contributed by atoms with Gasteiger partial charge in [-0.3, -0.25) is 9.10 Å². The van der Waals surface area contributed by atoms with Crippen LogP contribution >= 0.6 is 11.3 Å². The summed E-state index contributed by atoms with van der Waals surface area (Å²) in [7, 11) is -4.00. The van der Waals surface area contributed by atoms with Gasteiger partial charge in [0.15, 0.2) is 4.91 Å². The SMILES string of the molecule is CCc1ccc(NC=C2C(=O)c3sccc3N(Cc3ccc(C)cc3)S2(=O)=O)cc1. The average molecular weight is 439 g/mol. The summed E-state index contributed by atoms with van der Waals surface area (Å²) >= 11 is 1.26. The number of Topliss-reactive ketones (excluding diaryl/α,β-unsaturated/α-hetero) is 1. The topological polar surface area (TPSA) is 66.5 Å². The van der Waals surface area contributed by atoms with E-state index in [4.69, 9.17) is 0 Å². The van der Waals surface area contributed by atoms with Crippen LogP contribution in [0.1, 0.15) is 33.3 Å². The quantitative estimate of drug-likeness (QED) is 0.563. The van der Waals surface area contributed by atoms with Crippen molar-refractivity contribution in [1.29, 1.82) is 0 Å². The minimum Gasteiger partial charge on any atom is -0.360 e. The van der Waals surface area contributed by atoms with Crippen LogP contribution < -0.4 is 9.62 Å². The molecule has 2 heterocycles. The Hall–Kier alpha value is -2.90. The molecule has 0 atom stereocenters. The van der Waals surface area contributed by atoms with E-state index in [1.54, 1.807) is 11.4 Å². The Morgan fingerprint density at radius 2 is 1.67 bits per heavy atom. The highest BCUT2D eigenvalue weighted by Crippen LogP contribution is 2.39. The number of sulfonamides is 1. The van der Waals surface area contributed by atoms with E-state index in [0.29, 0.717) is 10.6 Å². The number of allylic oxidation sites excluding steroid dienone is 1. The van der Waals surface area contributed by atoms with Crippen LogP contribution in [-0.4, -0.2) is 14.2 Å². The molecule has 5 nitrogen and oxygen atoms in total. The number of anilines is 2. The fourth-order valence-electron chi connectivity index (χ4n) is 3.30. The highest BCUT2D eigenvalue weighted by atomic mass is 32.2. The number of thiophene rings is 1. The van der Waals surface area contributed by atoms with Gasteiger partial charge in [-0.2, -0.15) is 0 Å². The predicted octanol–water partition coefficient (Wildman–Crippen LogP) is 5.11. The minimum atomic E-state index is -4.00. The van der Waals surface area contributed by atoms with Crippen molar-refractivity contribution in [2.45, 2.75) is 26.8 Å². The lowest BCUT2D eigenvalue weighted by molar-refractivity contribution is 0.104. The maximum absolute atomic E-state index is 13.4. The van der Waals surface area contributed by atoms with E-state index in [1.165, 1.54) is 27.4 Å². The van der Waals surface area contributed by atoms with Gasteiger partial charge in [-0.05, 0) is 48.1 Å². The standard InChI is InChI=1S/C23H22N2O3S2/c1-3-17-8-10-19(11-9-17)24-14-21-22(26)23-20(12-13-29-23)25(30(21,27)28)15-18-6-4-16(2)5-7-18/h4-14,24H,3,15H2,1-2H3. The van der Waals surface area contributed by atoms with Crippen molar-refractivity contribution in [1.82, 2.24) is 0 Å². The van der Waals surface area contributed by atoms with Gasteiger partial charge in [-0.1, -0.05) is 48.9 Å². The Morgan fingerprint density at radius 3 is 2.33 bits per heavy atom. The zero-order chi connectivity index (χ0) is 21.3. The number of rotatable bonds is 5. The Labute approximate surface area is 180 Å². The molecule has 4 rings (SSSR count). The monoisotopic (exact) mass is 438 g/mol. The first-order valence-corrected chi connectivity index (χ1v) is 12.0. The number of hydrogen-bond acceptors (Lipinski definition) is 5. The van der Waals surface area contributed by atoms with Crippen LogP contribution in [0.4, 0.5) is 11.4 Å². The average Bonchev–Trinajstić information content (AvgIpc) is 3.22. The van der Waals surface area contributed by atoms with Gasteiger partial charge in [0.2, 0.25) is 5.78 Å².